The Balaban J connectivity index is 1.24. The van der Waals surface area contributed by atoms with Gasteiger partial charge in [-0.15, -0.1) is 0 Å². The molecular weight excluding hydrogens is 355 g/mol. The molecule has 0 unspecified atom stereocenters. The minimum atomic E-state index is -0.124. The van der Waals surface area contributed by atoms with E-state index in [1.165, 1.54) is 69.8 Å². The van der Waals surface area contributed by atoms with Crippen LogP contribution in [0.2, 0.25) is 0 Å². The summed E-state index contributed by atoms with van der Waals surface area (Å²) in [6.07, 6.45) is 13.6. The Morgan fingerprint density at radius 3 is 2.10 bits per heavy atom. The molecule has 2 aliphatic carbocycles. The van der Waals surface area contributed by atoms with Crippen molar-refractivity contribution in [2.45, 2.75) is 78.1 Å². The normalized spacial score (nSPS) is 20.2. The fraction of sp³-hybridized carbons (Fsp3) is 0.500. The van der Waals surface area contributed by atoms with Crippen molar-refractivity contribution in [3.05, 3.63) is 71.2 Å². The number of hydrogen-bond donors (Lipinski definition) is 0. The molecule has 0 atom stereocenters. The van der Waals surface area contributed by atoms with Gasteiger partial charge in [-0.05, 0) is 123 Å². The number of aryl methyl sites for hydroxylation is 2. The summed E-state index contributed by atoms with van der Waals surface area (Å²) in [5.74, 6) is 5.30. The van der Waals surface area contributed by atoms with Crippen LogP contribution in [0, 0.1) is 36.4 Å². The van der Waals surface area contributed by atoms with Crippen molar-refractivity contribution in [3.63, 3.8) is 0 Å². The molecule has 2 radical (unpaired) electrons. The molecule has 0 nitrogen and oxygen atoms in total. The van der Waals surface area contributed by atoms with Gasteiger partial charge in [-0.25, -0.2) is 4.39 Å². The summed E-state index contributed by atoms with van der Waals surface area (Å²) < 4.78 is 13.8. The fourth-order valence-corrected chi connectivity index (χ4v) is 5.27. The smallest absolute Gasteiger partial charge is 0.126 e. The Morgan fingerprint density at radius 1 is 0.793 bits per heavy atom. The molecule has 1 heteroatoms. The van der Waals surface area contributed by atoms with Gasteiger partial charge < -0.3 is 0 Å². The number of hydrogen-bond acceptors (Lipinski definition) is 0. The van der Waals surface area contributed by atoms with Gasteiger partial charge in [0, 0.05) is 0 Å². The molecule has 0 aromatic heterocycles. The van der Waals surface area contributed by atoms with Gasteiger partial charge in [0.25, 0.3) is 0 Å². The zero-order valence-corrected chi connectivity index (χ0v) is 18.1. The number of halogens is 1. The average molecular weight is 391 g/mol. The van der Waals surface area contributed by atoms with Crippen molar-refractivity contribution in [2.75, 3.05) is 0 Å². The predicted molar refractivity (Wildman–Crippen MR) is 121 cm³/mol. The van der Waals surface area contributed by atoms with Gasteiger partial charge >= 0.3 is 0 Å². The lowest BCUT2D eigenvalue weighted by Crippen LogP contribution is -2.23. The van der Waals surface area contributed by atoms with Crippen molar-refractivity contribution in [1.82, 2.24) is 0 Å². The molecule has 2 aliphatic rings. The van der Waals surface area contributed by atoms with Crippen LogP contribution >= 0.6 is 0 Å². The van der Waals surface area contributed by atoms with Crippen LogP contribution in [0.4, 0.5) is 4.39 Å². The quantitative estimate of drug-likeness (QED) is 0.482. The van der Waals surface area contributed by atoms with Crippen LogP contribution in [0.5, 0.6) is 0 Å². The average Bonchev–Trinajstić information content (AvgIpc) is 2.76. The first-order valence-corrected chi connectivity index (χ1v) is 11.6. The van der Waals surface area contributed by atoms with Gasteiger partial charge in [-0.2, -0.15) is 0 Å². The molecule has 0 aliphatic heterocycles. The first kappa shape index (κ1) is 20.6. The van der Waals surface area contributed by atoms with Crippen LogP contribution < -0.4 is 0 Å². The summed E-state index contributed by atoms with van der Waals surface area (Å²) in [4.78, 5) is 0. The van der Waals surface area contributed by atoms with Gasteiger partial charge in [-0.3, -0.25) is 0 Å². The second-order valence-electron chi connectivity index (χ2n) is 9.53. The van der Waals surface area contributed by atoms with Crippen LogP contribution in [0.3, 0.4) is 0 Å². The monoisotopic (exact) mass is 390 g/mol. The molecule has 29 heavy (non-hydrogen) atoms. The van der Waals surface area contributed by atoms with E-state index < -0.39 is 0 Å². The van der Waals surface area contributed by atoms with Gasteiger partial charge in [0.1, 0.15) is 5.82 Å². The highest BCUT2D eigenvalue weighted by atomic mass is 19.1. The van der Waals surface area contributed by atoms with E-state index in [0.717, 1.165) is 23.0 Å². The number of benzene rings is 2. The van der Waals surface area contributed by atoms with Crippen molar-refractivity contribution >= 4 is 0 Å². The van der Waals surface area contributed by atoms with E-state index in [4.69, 9.17) is 0 Å². The first-order chi connectivity index (χ1) is 14.1. The van der Waals surface area contributed by atoms with Crippen molar-refractivity contribution in [1.29, 1.82) is 0 Å². The summed E-state index contributed by atoms with van der Waals surface area (Å²) in [6.45, 7) is 4.15. The molecule has 0 bridgehead atoms. The molecule has 2 saturated carbocycles. The zero-order valence-electron chi connectivity index (χ0n) is 18.1. The molecule has 0 amide bonds. The Hall–Kier alpha value is -1.63. The third kappa shape index (κ3) is 5.30. The van der Waals surface area contributed by atoms with E-state index in [1.54, 1.807) is 12.0 Å². The van der Waals surface area contributed by atoms with Crippen LogP contribution in [0.25, 0.3) is 11.1 Å². The van der Waals surface area contributed by atoms with Crippen molar-refractivity contribution in [2.24, 2.45) is 11.8 Å². The minimum Gasteiger partial charge on any atom is -0.207 e. The molecule has 0 heterocycles. The number of rotatable bonds is 5. The molecular formula is C28H35F. The highest BCUT2D eigenvalue weighted by Gasteiger charge is 2.30. The van der Waals surface area contributed by atoms with E-state index in [1.807, 2.05) is 25.0 Å². The van der Waals surface area contributed by atoms with E-state index in [0.29, 0.717) is 5.56 Å². The maximum atomic E-state index is 13.8. The molecule has 2 aromatic rings. The highest BCUT2D eigenvalue weighted by molar-refractivity contribution is 5.64. The van der Waals surface area contributed by atoms with Crippen molar-refractivity contribution < 1.29 is 4.39 Å². The van der Waals surface area contributed by atoms with Crippen LogP contribution in [-0.2, 0) is 6.42 Å². The second kappa shape index (κ2) is 9.45. The van der Waals surface area contributed by atoms with Crippen LogP contribution in [-0.4, -0.2) is 0 Å². The highest BCUT2D eigenvalue weighted by Crippen LogP contribution is 2.43. The molecule has 0 spiro atoms. The zero-order chi connectivity index (χ0) is 20.2. The summed E-state index contributed by atoms with van der Waals surface area (Å²) in [5.41, 5.74) is 4.18. The van der Waals surface area contributed by atoms with Crippen LogP contribution in [0.15, 0.2) is 42.5 Å². The third-order valence-corrected chi connectivity index (χ3v) is 7.46. The van der Waals surface area contributed by atoms with E-state index in [-0.39, 0.29) is 5.82 Å². The lowest BCUT2D eigenvalue weighted by Gasteiger charge is -2.36. The van der Waals surface area contributed by atoms with E-state index >= 15 is 0 Å². The topological polar surface area (TPSA) is 0 Å². The van der Waals surface area contributed by atoms with E-state index in [2.05, 4.69) is 31.2 Å². The Morgan fingerprint density at radius 2 is 1.45 bits per heavy atom. The van der Waals surface area contributed by atoms with Crippen LogP contribution in [0.1, 0.15) is 75.8 Å². The van der Waals surface area contributed by atoms with Crippen molar-refractivity contribution in [3.8, 4) is 11.1 Å². The summed E-state index contributed by atoms with van der Waals surface area (Å²) in [5, 5.41) is 0. The van der Waals surface area contributed by atoms with Gasteiger partial charge in [0.15, 0.2) is 0 Å². The largest absolute Gasteiger partial charge is 0.207 e. The third-order valence-electron chi connectivity index (χ3n) is 7.46. The molecule has 2 aromatic carbocycles. The minimum absolute atomic E-state index is 0.124. The Bertz CT molecular complexity index is 774. The summed E-state index contributed by atoms with van der Waals surface area (Å²) >= 11 is 0. The van der Waals surface area contributed by atoms with E-state index in [9.17, 15) is 4.39 Å². The fourth-order valence-electron chi connectivity index (χ4n) is 5.27. The van der Waals surface area contributed by atoms with Gasteiger partial charge in [0.2, 0.25) is 0 Å². The Kier molecular flexibility index (Phi) is 6.73. The maximum Gasteiger partial charge on any atom is 0.126 e. The van der Waals surface area contributed by atoms with Gasteiger partial charge in [-0.1, -0.05) is 43.3 Å². The molecule has 154 valence electrons. The second-order valence-corrected chi connectivity index (χ2v) is 9.53. The van der Waals surface area contributed by atoms with Gasteiger partial charge in [0.05, 0.1) is 0 Å². The SMILES string of the molecule is C[C]1CCC([C]2CCC(CCc3ccc(-c4ccc(C)c(F)c4)cc3)CC2)CC1. The molecule has 2 fully saturated rings. The Labute approximate surface area is 176 Å². The molecule has 4 rings (SSSR count). The lowest BCUT2D eigenvalue weighted by atomic mass is 9.69. The lowest BCUT2D eigenvalue weighted by molar-refractivity contribution is 0.286. The standard InChI is InChI=1S/C28H35F/c1-20-3-12-24(13-4-20)25-15-8-22(9-16-25)6-7-23-10-17-26(18-11-23)27-14-5-21(2)28(29)19-27/h5,10-11,14,17-19,22,24H,3-4,6-9,12-13,15-16H2,1-2H3. The molecule has 0 saturated heterocycles. The molecule has 0 N–H and O–H groups in total. The first-order valence-electron chi connectivity index (χ1n) is 11.6. The maximum absolute atomic E-state index is 13.8. The predicted octanol–water partition coefficient (Wildman–Crippen LogP) is 8.28. The summed E-state index contributed by atoms with van der Waals surface area (Å²) in [7, 11) is 0. The summed E-state index contributed by atoms with van der Waals surface area (Å²) in [6, 6.07) is 14.3.